The molecule has 6 aromatic carbocycles. The van der Waals surface area contributed by atoms with E-state index in [1.807, 2.05) is 0 Å². The molecule has 0 amide bonds. The molecule has 6 aromatic rings. The number of aryl methyl sites for hydroxylation is 1. The molecule has 0 saturated carbocycles. The second-order valence-corrected chi connectivity index (χ2v) is 8.46. The second kappa shape index (κ2) is 7.66. The van der Waals surface area contributed by atoms with Crippen LogP contribution >= 0.6 is 0 Å². The Morgan fingerprint density at radius 2 is 0.969 bits per heavy atom. The predicted octanol–water partition coefficient (Wildman–Crippen LogP) is 9.04. The molecule has 0 nitrogen and oxygen atoms in total. The molecular formula is C32H24. The van der Waals surface area contributed by atoms with Crippen molar-refractivity contribution >= 4 is 32.3 Å². The first-order chi connectivity index (χ1) is 15.8. The van der Waals surface area contributed by atoms with E-state index in [4.69, 9.17) is 0 Å². The molecule has 0 fully saturated rings. The Balaban J connectivity index is 1.75. The van der Waals surface area contributed by atoms with Gasteiger partial charge in [-0.1, -0.05) is 116 Å². The van der Waals surface area contributed by atoms with Crippen LogP contribution in [0.2, 0.25) is 0 Å². The van der Waals surface area contributed by atoms with Gasteiger partial charge >= 0.3 is 0 Å². The van der Waals surface area contributed by atoms with Crippen molar-refractivity contribution in [2.45, 2.75) is 13.3 Å². The predicted molar refractivity (Wildman–Crippen MR) is 139 cm³/mol. The maximum Gasteiger partial charge on any atom is -0.00262 e. The SMILES string of the molecule is CCc1cccc(-c2c3ccccc3c(-c3ccc4ccccc4c3)c3ccccc23)c1. The van der Waals surface area contributed by atoms with Gasteiger partial charge in [0.1, 0.15) is 0 Å². The Kier molecular flexibility index (Phi) is 4.51. The van der Waals surface area contributed by atoms with Gasteiger partial charge in [0.15, 0.2) is 0 Å². The topological polar surface area (TPSA) is 0 Å². The fourth-order valence-corrected chi connectivity index (χ4v) is 5.04. The van der Waals surface area contributed by atoms with Gasteiger partial charge in [0, 0.05) is 0 Å². The van der Waals surface area contributed by atoms with Gasteiger partial charge in [-0.25, -0.2) is 0 Å². The van der Waals surface area contributed by atoms with Gasteiger partial charge in [-0.2, -0.15) is 0 Å². The molecule has 0 bridgehead atoms. The molecule has 0 radical (unpaired) electrons. The smallest absolute Gasteiger partial charge is 0.00262 e. The Morgan fingerprint density at radius 3 is 1.56 bits per heavy atom. The number of hydrogen-bond acceptors (Lipinski definition) is 0. The molecule has 0 aliphatic heterocycles. The van der Waals surface area contributed by atoms with E-state index in [1.165, 1.54) is 60.1 Å². The quantitative estimate of drug-likeness (QED) is 0.256. The van der Waals surface area contributed by atoms with Crippen LogP contribution in [0.5, 0.6) is 0 Å². The van der Waals surface area contributed by atoms with Crippen molar-refractivity contribution in [3.8, 4) is 22.3 Å². The maximum atomic E-state index is 2.35. The van der Waals surface area contributed by atoms with E-state index >= 15 is 0 Å². The Labute approximate surface area is 188 Å². The van der Waals surface area contributed by atoms with Gasteiger partial charge < -0.3 is 0 Å². The second-order valence-electron chi connectivity index (χ2n) is 8.46. The summed E-state index contributed by atoms with van der Waals surface area (Å²) in [6, 6.07) is 42.2. The van der Waals surface area contributed by atoms with Crippen molar-refractivity contribution in [2.24, 2.45) is 0 Å². The number of fused-ring (bicyclic) bond motifs is 3. The van der Waals surface area contributed by atoms with Crippen LogP contribution in [-0.4, -0.2) is 0 Å². The molecule has 0 heterocycles. The van der Waals surface area contributed by atoms with Gasteiger partial charge in [0.2, 0.25) is 0 Å². The maximum absolute atomic E-state index is 2.35. The van der Waals surface area contributed by atoms with Crippen LogP contribution in [0.3, 0.4) is 0 Å². The highest BCUT2D eigenvalue weighted by Gasteiger charge is 2.16. The standard InChI is InChI=1S/C32H24/c1-2-22-10-9-13-25(20-22)31-27-14-5-7-16-29(27)32(30-17-8-6-15-28(30)31)26-19-18-23-11-3-4-12-24(23)21-26/h3-21H,2H2,1H3. The molecule has 152 valence electrons. The fourth-order valence-electron chi connectivity index (χ4n) is 5.04. The van der Waals surface area contributed by atoms with Crippen molar-refractivity contribution in [1.29, 1.82) is 0 Å². The largest absolute Gasteiger partial charge is 0.0616 e. The van der Waals surface area contributed by atoms with Gasteiger partial charge in [-0.15, -0.1) is 0 Å². The first-order valence-corrected chi connectivity index (χ1v) is 11.4. The summed E-state index contributed by atoms with van der Waals surface area (Å²) in [4.78, 5) is 0. The molecule has 0 atom stereocenters. The summed E-state index contributed by atoms with van der Waals surface area (Å²) in [6.07, 6.45) is 1.04. The zero-order chi connectivity index (χ0) is 21.5. The average Bonchev–Trinajstić information content (AvgIpc) is 2.87. The van der Waals surface area contributed by atoms with E-state index in [-0.39, 0.29) is 0 Å². The van der Waals surface area contributed by atoms with E-state index in [2.05, 4.69) is 122 Å². The van der Waals surface area contributed by atoms with E-state index in [1.54, 1.807) is 0 Å². The Morgan fingerprint density at radius 1 is 0.438 bits per heavy atom. The van der Waals surface area contributed by atoms with Crippen molar-refractivity contribution < 1.29 is 0 Å². The summed E-state index contributed by atoms with van der Waals surface area (Å²) in [6.45, 7) is 2.22. The summed E-state index contributed by atoms with van der Waals surface area (Å²) in [5.74, 6) is 0. The minimum Gasteiger partial charge on any atom is -0.0616 e. The van der Waals surface area contributed by atoms with Gasteiger partial charge in [-0.3, -0.25) is 0 Å². The summed E-state index contributed by atoms with van der Waals surface area (Å²) >= 11 is 0. The van der Waals surface area contributed by atoms with E-state index in [9.17, 15) is 0 Å². The van der Waals surface area contributed by atoms with E-state index in [0.29, 0.717) is 0 Å². The van der Waals surface area contributed by atoms with Crippen molar-refractivity contribution in [2.75, 3.05) is 0 Å². The lowest BCUT2D eigenvalue weighted by molar-refractivity contribution is 1.14. The Bertz CT molecular complexity index is 1550. The number of rotatable bonds is 3. The Hall–Kier alpha value is -3.90. The van der Waals surface area contributed by atoms with Crippen molar-refractivity contribution in [1.82, 2.24) is 0 Å². The third kappa shape index (κ3) is 2.99. The third-order valence-electron chi connectivity index (χ3n) is 6.59. The van der Waals surface area contributed by atoms with E-state index in [0.717, 1.165) is 6.42 Å². The van der Waals surface area contributed by atoms with Gasteiger partial charge in [0.25, 0.3) is 0 Å². The van der Waals surface area contributed by atoms with Crippen LogP contribution in [0.15, 0.2) is 115 Å². The number of hydrogen-bond donors (Lipinski definition) is 0. The van der Waals surface area contributed by atoms with Crippen LogP contribution in [0, 0.1) is 0 Å². The van der Waals surface area contributed by atoms with Crippen molar-refractivity contribution in [3.05, 3.63) is 121 Å². The molecule has 0 heteroatoms. The van der Waals surface area contributed by atoms with Crippen LogP contribution in [0.1, 0.15) is 12.5 Å². The molecule has 0 N–H and O–H groups in total. The zero-order valence-electron chi connectivity index (χ0n) is 18.2. The number of benzene rings is 6. The average molecular weight is 409 g/mol. The molecule has 6 rings (SSSR count). The molecular weight excluding hydrogens is 384 g/mol. The lowest BCUT2D eigenvalue weighted by Gasteiger charge is -2.18. The summed E-state index contributed by atoms with van der Waals surface area (Å²) in [5, 5.41) is 7.78. The lowest BCUT2D eigenvalue weighted by atomic mass is 9.85. The summed E-state index contributed by atoms with van der Waals surface area (Å²) < 4.78 is 0. The molecule has 0 saturated heterocycles. The minimum absolute atomic E-state index is 1.04. The monoisotopic (exact) mass is 408 g/mol. The van der Waals surface area contributed by atoms with Gasteiger partial charge in [0.05, 0.1) is 0 Å². The molecule has 0 aromatic heterocycles. The molecule has 0 aliphatic carbocycles. The minimum atomic E-state index is 1.04. The first kappa shape index (κ1) is 18.8. The summed E-state index contributed by atoms with van der Waals surface area (Å²) in [7, 11) is 0. The van der Waals surface area contributed by atoms with Crippen LogP contribution in [0.4, 0.5) is 0 Å². The normalized spacial score (nSPS) is 11.4. The first-order valence-electron chi connectivity index (χ1n) is 11.4. The zero-order valence-corrected chi connectivity index (χ0v) is 18.2. The highest BCUT2D eigenvalue weighted by molar-refractivity contribution is 6.21. The highest BCUT2D eigenvalue weighted by atomic mass is 14.2. The van der Waals surface area contributed by atoms with Gasteiger partial charge in [-0.05, 0) is 72.6 Å². The van der Waals surface area contributed by atoms with Crippen LogP contribution in [0.25, 0.3) is 54.6 Å². The van der Waals surface area contributed by atoms with Crippen molar-refractivity contribution in [3.63, 3.8) is 0 Å². The molecule has 0 spiro atoms. The van der Waals surface area contributed by atoms with Crippen LogP contribution in [-0.2, 0) is 6.42 Å². The third-order valence-corrected chi connectivity index (χ3v) is 6.59. The van der Waals surface area contributed by atoms with Crippen LogP contribution < -0.4 is 0 Å². The molecule has 32 heavy (non-hydrogen) atoms. The molecule has 0 unspecified atom stereocenters. The summed E-state index contributed by atoms with van der Waals surface area (Å²) in [5.41, 5.74) is 6.58. The highest BCUT2D eigenvalue weighted by Crippen LogP contribution is 2.44. The fraction of sp³-hybridized carbons (Fsp3) is 0.0625. The lowest BCUT2D eigenvalue weighted by Crippen LogP contribution is -1.91. The molecule has 0 aliphatic rings. The van der Waals surface area contributed by atoms with E-state index < -0.39 is 0 Å².